The molecule has 1 aliphatic rings. The van der Waals surface area contributed by atoms with Crippen molar-refractivity contribution >= 4 is 31.3 Å². The summed E-state index contributed by atoms with van der Waals surface area (Å²) in [5.74, 6) is -3.24. The van der Waals surface area contributed by atoms with Crippen LogP contribution in [0, 0.1) is 11.6 Å². The fourth-order valence-electron chi connectivity index (χ4n) is 2.82. The Labute approximate surface area is 155 Å². The van der Waals surface area contributed by atoms with E-state index in [2.05, 4.69) is 5.32 Å². The number of hydrogen-bond donors (Lipinski definition) is 1. The van der Waals surface area contributed by atoms with Crippen molar-refractivity contribution in [3.8, 4) is 0 Å². The van der Waals surface area contributed by atoms with E-state index in [1.165, 1.54) is 18.2 Å². The normalized spacial score (nSPS) is 19.0. The highest BCUT2D eigenvalue weighted by Gasteiger charge is 2.38. The first-order valence-electron chi connectivity index (χ1n) is 7.89. The van der Waals surface area contributed by atoms with Gasteiger partial charge >= 0.3 is 0 Å². The van der Waals surface area contributed by atoms with Crippen LogP contribution < -0.4 is 5.32 Å². The maximum Gasteiger partial charge on any atom is 0.258 e. The molecule has 2 aromatic rings. The van der Waals surface area contributed by atoms with Crippen LogP contribution in [0.4, 0.5) is 14.5 Å². The van der Waals surface area contributed by atoms with Crippen LogP contribution in [0.2, 0.25) is 0 Å². The Hall–Kier alpha value is -2.33. The summed E-state index contributed by atoms with van der Waals surface area (Å²) in [6.07, 6.45) is -0.0487. The number of halogens is 2. The van der Waals surface area contributed by atoms with Gasteiger partial charge in [-0.15, -0.1) is 0 Å². The van der Waals surface area contributed by atoms with Gasteiger partial charge < -0.3 is 5.32 Å². The van der Waals surface area contributed by atoms with E-state index in [0.29, 0.717) is 0 Å². The second kappa shape index (κ2) is 7.01. The molecule has 0 spiro atoms. The van der Waals surface area contributed by atoms with Crippen molar-refractivity contribution in [1.82, 2.24) is 0 Å². The van der Waals surface area contributed by atoms with Crippen molar-refractivity contribution in [3.05, 3.63) is 59.7 Å². The molecule has 6 nitrogen and oxygen atoms in total. The number of amides is 1. The smallest absolute Gasteiger partial charge is 0.258 e. The first kappa shape index (κ1) is 19.4. The van der Waals surface area contributed by atoms with Gasteiger partial charge in [0.1, 0.15) is 11.6 Å². The first-order chi connectivity index (χ1) is 12.6. The molecule has 10 heteroatoms. The summed E-state index contributed by atoms with van der Waals surface area (Å²) in [6, 6.07) is 7.63. The van der Waals surface area contributed by atoms with E-state index in [0.717, 1.165) is 24.3 Å². The number of hydrogen-bond acceptors (Lipinski definition) is 5. The van der Waals surface area contributed by atoms with Crippen LogP contribution >= 0.6 is 0 Å². The molecule has 1 amide bonds. The summed E-state index contributed by atoms with van der Waals surface area (Å²) in [5.41, 5.74) is -0.462. The third kappa shape index (κ3) is 4.16. The van der Waals surface area contributed by atoms with Gasteiger partial charge in [0, 0.05) is 5.69 Å². The molecule has 1 fully saturated rings. The van der Waals surface area contributed by atoms with Crippen LogP contribution in [0.5, 0.6) is 0 Å². The molecule has 1 atom stereocenters. The number of benzene rings is 2. The lowest BCUT2D eigenvalue weighted by Gasteiger charge is -2.12. The summed E-state index contributed by atoms with van der Waals surface area (Å²) in [5, 5.41) is 1.16. The van der Waals surface area contributed by atoms with Gasteiger partial charge in [-0.1, -0.05) is 6.07 Å². The van der Waals surface area contributed by atoms with Crippen molar-refractivity contribution < 1.29 is 30.4 Å². The molecule has 0 unspecified atom stereocenters. The van der Waals surface area contributed by atoms with E-state index in [1.807, 2.05) is 0 Å². The van der Waals surface area contributed by atoms with E-state index in [9.17, 15) is 30.4 Å². The van der Waals surface area contributed by atoms with E-state index in [1.54, 1.807) is 0 Å². The van der Waals surface area contributed by atoms with Gasteiger partial charge in [0.2, 0.25) is 0 Å². The van der Waals surface area contributed by atoms with Gasteiger partial charge in [0.15, 0.2) is 19.7 Å². The van der Waals surface area contributed by atoms with Crippen molar-refractivity contribution in [1.29, 1.82) is 0 Å². The highest BCUT2D eigenvalue weighted by Crippen LogP contribution is 2.27. The van der Waals surface area contributed by atoms with Gasteiger partial charge in [-0.05, 0) is 42.8 Å². The number of carbonyl (C=O) groups is 1. The molecular formula is C17H15F2NO5S2. The summed E-state index contributed by atoms with van der Waals surface area (Å²) >= 11 is 0. The lowest BCUT2D eigenvalue weighted by Crippen LogP contribution is -2.23. The minimum absolute atomic E-state index is 0.0487. The zero-order valence-electron chi connectivity index (χ0n) is 13.9. The van der Waals surface area contributed by atoms with Crippen LogP contribution in [0.15, 0.2) is 47.4 Å². The van der Waals surface area contributed by atoms with Crippen LogP contribution in [0.25, 0.3) is 0 Å². The molecule has 0 aliphatic carbocycles. The molecule has 1 heterocycles. The van der Waals surface area contributed by atoms with E-state index < -0.39 is 53.8 Å². The third-order valence-corrected chi connectivity index (χ3v) is 8.39. The molecule has 1 saturated heterocycles. The molecule has 1 aliphatic heterocycles. The summed E-state index contributed by atoms with van der Waals surface area (Å²) in [7, 11) is -7.48. The second-order valence-electron chi connectivity index (χ2n) is 6.18. The Morgan fingerprint density at radius 3 is 2.48 bits per heavy atom. The lowest BCUT2D eigenvalue weighted by atomic mass is 10.2. The molecule has 0 aromatic heterocycles. The minimum Gasteiger partial charge on any atom is -0.322 e. The van der Waals surface area contributed by atoms with E-state index >= 15 is 0 Å². The van der Waals surface area contributed by atoms with Crippen LogP contribution in [0.1, 0.15) is 16.8 Å². The summed E-state index contributed by atoms with van der Waals surface area (Å²) in [4.78, 5) is 11.9. The number of carbonyl (C=O) groups excluding carboxylic acids is 1. The average Bonchev–Trinajstić information content (AvgIpc) is 2.95. The first-order valence-corrected chi connectivity index (χ1v) is 11.3. The second-order valence-corrected chi connectivity index (χ2v) is 10.6. The number of anilines is 1. The Bertz CT molecular complexity index is 1110. The molecular weight excluding hydrogens is 400 g/mol. The molecule has 0 bridgehead atoms. The molecule has 144 valence electrons. The molecule has 27 heavy (non-hydrogen) atoms. The Balaban J connectivity index is 1.91. The topological polar surface area (TPSA) is 97.4 Å². The van der Waals surface area contributed by atoms with Crippen molar-refractivity contribution in [2.24, 2.45) is 0 Å². The highest BCUT2D eigenvalue weighted by atomic mass is 32.2. The maximum absolute atomic E-state index is 14.1. The van der Waals surface area contributed by atoms with Gasteiger partial charge in [-0.25, -0.2) is 25.6 Å². The quantitative estimate of drug-likeness (QED) is 0.772. The number of nitrogens with one attached hydrogen (secondary N) is 1. The van der Waals surface area contributed by atoms with E-state index in [4.69, 9.17) is 0 Å². The van der Waals surface area contributed by atoms with Gasteiger partial charge in [0.25, 0.3) is 5.91 Å². The summed E-state index contributed by atoms with van der Waals surface area (Å²) in [6.45, 7) is 0. The fraction of sp³-hybridized carbons (Fsp3) is 0.235. The highest BCUT2D eigenvalue weighted by molar-refractivity contribution is 7.96. The van der Waals surface area contributed by atoms with Crippen LogP contribution in [-0.4, -0.2) is 39.5 Å². The lowest BCUT2D eigenvalue weighted by molar-refractivity contribution is 0.102. The Kier molecular flexibility index (Phi) is 5.04. The van der Waals surface area contributed by atoms with E-state index in [-0.39, 0.29) is 22.8 Å². The van der Waals surface area contributed by atoms with Crippen molar-refractivity contribution in [2.75, 3.05) is 16.8 Å². The summed E-state index contributed by atoms with van der Waals surface area (Å²) < 4.78 is 75.7. The standard InChI is InChI=1S/C17H15F2NO5S2/c18-11-2-1-3-12(8-11)20-17(21)15-9-13(4-5-16(15)19)27(24,25)14-6-7-26(22,23)10-14/h1-5,8-9,14H,6-7,10H2,(H,20,21)/t14-/m1/s1. The Morgan fingerprint density at radius 2 is 1.85 bits per heavy atom. The minimum atomic E-state index is -4.05. The van der Waals surface area contributed by atoms with Crippen LogP contribution in [-0.2, 0) is 19.7 Å². The van der Waals surface area contributed by atoms with Crippen molar-refractivity contribution in [2.45, 2.75) is 16.6 Å². The monoisotopic (exact) mass is 415 g/mol. The molecule has 0 radical (unpaired) electrons. The van der Waals surface area contributed by atoms with Gasteiger partial charge in [0.05, 0.1) is 27.2 Å². The largest absolute Gasteiger partial charge is 0.322 e. The van der Waals surface area contributed by atoms with Crippen molar-refractivity contribution in [3.63, 3.8) is 0 Å². The SMILES string of the molecule is O=C(Nc1cccc(F)c1)c1cc(S(=O)(=O)[C@@H]2CCS(=O)(=O)C2)ccc1F. The van der Waals surface area contributed by atoms with Gasteiger partial charge in [-0.2, -0.15) is 0 Å². The average molecular weight is 415 g/mol. The number of rotatable bonds is 4. The fourth-order valence-corrected chi connectivity index (χ4v) is 7.20. The molecule has 2 aromatic carbocycles. The van der Waals surface area contributed by atoms with Crippen LogP contribution in [0.3, 0.4) is 0 Å². The predicted octanol–water partition coefficient (Wildman–Crippen LogP) is 2.18. The predicted molar refractivity (Wildman–Crippen MR) is 95.0 cm³/mol. The van der Waals surface area contributed by atoms with Gasteiger partial charge in [-0.3, -0.25) is 4.79 Å². The molecule has 1 N–H and O–H groups in total. The Morgan fingerprint density at radius 1 is 1.11 bits per heavy atom. The maximum atomic E-state index is 14.1. The zero-order chi connectivity index (χ0) is 19.8. The molecule has 0 saturated carbocycles. The molecule has 3 rings (SSSR count). The third-order valence-electron chi connectivity index (χ3n) is 4.22. The number of sulfone groups is 2. The zero-order valence-corrected chi connectivity index (χ0v) is 15.5.